The van der Waals surface area contributed by atoms with Crippen LogP contribution in [0.25, 0.3) is 5.82 Å². The van der Waals surface area contributed by atoms with Crippen LogP contribution in [0, 0.1) is 6.92 Å². The maximum atomic E-state index is 5.70. The lowest BCUT2D eigenvalue weighted by Gasteiger charge is -2.09. The topological polar surface area (TPSA) is 56.7 Å². The molecular formula is C10H9BrN4S. The normalized spacial score (nSPS) is 10.4. The van der Waals surface area contributed by atoms with Crippen molar-refractivity contribution in [3.63, 3.8) is 0 Å². The quantitative estimate of drug-likeness (QED) is 0.861. The number of hydrogen-bond donors (Lipinski definition) is 1. The fourth-order valence-electron chi connectivity index (χ4n) is 1.44. The summed E-state index contributed by atoms with van der Waals surface area (Å²) in [7, 11) is 0. The predicted molar refractivity (Wildman–Crippen MR) is 69.7 cm³/mol. The highest BCUT2D eigenvalue weighted by atomic mass is 79.9. The van der Waals surface area contributed by atoms with Gasteiger partial charge in [0.1, 0.15) is 4.99 Å². The number of nitrogens with zero attached hydrogens (tertiary/aromatic N) is 3. The smallest absolute Gasteiger partial charge is 0.163 e. The largest absolute Gasteiger partial charge is 0.389 e. The maximum Gasteiger partial charge on any atom is 0.163 e. The summed E-state index contributed by atoms with van der Waals surface area (Å²) >= 11 is 8.36. The van der Waals surface area contributed by atoms with E-state index in [4.69, 9.17) is 18.0 Å². The molecule has 0 radical (unpaired) electrons. The van der Waals surface area contributed by atoms with E-state index < -0.39 is 0 Å². The Morgan fingerprint density at radius 2 is 2.31 bits per heavy atom. The summed E-state index contributed by atoms with van der Waals surface area (Å²) in [6.07, 6.45) is 5.21. The number of nitrogens with two attached hydrogens (primary N) is 1. The highest BCUT2D eigenvalue weighted by molar-refractivity contribution is 9.10. The third-order valence-electron chi connectivity index (χ3n) is 2.15. The van der Waals surface area contributed by atoms with Crippen molar-refractivity contribution < 1.29 is 0 Å². The Kier molecular flexibility index (Phi) is 3.02. The van der Waals surface area contributed by atoms with E-state index in [1.165, 1.54) is 0 Å². The van der Waals surface area contributed by atoms with Gasteiger partial charge >= 0.3 is 0 Å². The van der Waals surface area contributed by atoms with E-state index in [1.807, 2.05) is 19.2 Å². The van der Waals surface area contributed by atoms with Crippen LogP contribution in [0.2, 0.25) is 0 Å². The third-order valence-corrected chi connectivity index (χ3v) is 2.77. The van der Waals surface area contributed by atoms with Gasteiger partial charge in [-0.05, 0) is 34.5 Å². The number of thiocarbonyl (C=S) groups is 1. The van der Waals surface area contributed by atoms with Gasteiger partial charge in [-0.15, -0.1) is 0 Å². The molecule has 2 aromatic heterocycles. The van der Waals surface area contributed by atoms with Gasteiger partial charge in [0.25, 0.3) is 0 Å². The molecule has 0 saturated carbocycles. The Morgan fingerprint density at radius 1 is 1.56 bits per heavy atom. The second-order valence-electron chi connectivity index (χ2n) is 3.29. The third kappa shape index (κ3) is 1.98. The molecule has 2 heterocycles. The molecule has 0 spiro atoms. The molecule has 0 saturated heterocycles. The van der Waals surface area contributed by atoms with Gasteiger partial charge in [0.15, 0.2) is 5.82 Å². The summed E-state index contributed by atoms with van der Waals surface area (Å²) in [6.45, 7) is 1.94. The van der Waals surface area contributed by atoms with E-state index in [0.29, 0.717) is 10.8 Å². The molecule has 0 fully saturated rings. The monoisotopic (exact) mass is 296 g/mol. The molecule has 2 aromatic rings. The van der Waals surface area contributed by atoms with Gasteiger partial charge in [0.2, 0.25) is 0 Å². The van der Waals surface area contributed by atoms with E-state index in [-0.39, 0.29) is 0 Å². The van der Waals surface area contributed by atoms with Gasteiger partial charge in [-0.2, -0.15) is 5.10 Å². The first-order chi connectivity index (χ1) is 7.59. The zero-order valence-corrected chi connectivity index (χ0v) is 10.9. The first-order valence-corrected chi connectivity index (χ1v) is 5.75. The van der Waals surface area contributed by atoms with Crippen molar-refractivity contribution in [2.24, 2.45) is 5.73 Å². The fraction of sp³-hybridized carbons (Fsp3) is 0.100. The molecule has 82 valence electrons. The van der Waals surface area contributed by atoms with Gasteiger partial charge in [0, 0.05) is 12.4 Å². The zero-order chi connectivity index (χ0) is 11.7. The van der Waals surface area contributed by atoms with Crippen molar-refractivity contribution in [3.05, 3.63) is 40.3 Å². The molecule has 0 unspecified atom stereocenters. The second kappa shape index (κ2) is 4.31. The Bertz CT molecular complexity index is 550. The van der Waals surface area contributed by atoms with Crippen LogP contribution in [0.1, 0.15) is 11.1 Å². The van der Waals surface area contributed by atoms with Crippen molar-refractivity contribution in [1.29, 1.82) is 0 Å². The lowest BCUT2D eigenvalue weighted by atomic mass is 10.1. The Hall–Kier alpha value is -1.27. The van der Waals surface area contributed by atoms with Gasteiger partial charge < -0.3 is 5.73 Å². The van der Waals surface area contributed by atoms with Crippen molar-refractivity contribution in [1.82, 2.24) is 14.8 Å². The molecule has 4 nitrogen and oxygen atoms in total. The van der Waals surface area contributed by atoms with Crippen LogP contribution in [-0.4, -0.2) is 19.8 Å². The summed E-state index contributed by atoms with van der Waals surface area (Å²) < 4.78 is 2.52. The van der Waals surface area contributed by atoms with E-state index >= 15 is 0 Å². The lowest BCUT2D eigenvalue weighted by molar-refractivity contribution is 0.842. The summed E-state index contributed by atoms with van der Waals surface area (Å²) in [4.78, 5) is 4.58. The van der Waals surface area contributed by atoms with Crippen LogP contribution in [0.4, 0.5) is 0 Å². The number of rotatable bonds is 2. The van der Waals surface area contributed by atoms with E-state index in [1.54, 1.807) is 17.1 Å². The number of aromatic nitrogens is 3. The van der Waals surface area contributed by atoms with Gasteiger partial charge in [-0.1, -0.05) is 12.2 Å². The number of hydrogen-bond acceptors (Lipinski definition) is 3. The van der Waals surface area contributed by atoms with Gasteiger partial charge in [-0.25, -0.2) is 9.67 Å². The van der Waals surface area contributed by atoms with E-state index in [0.717, 1.165) is 15.6 Å². The van der Waals surface area contributed by atoms with Crippen LogP contribution in [0.15, 0.2) is 29.1 Å². The number of pyridine rings is 1. The van der Waals surface area contributed by atoms with Crippen LogP contribution in [0.3, 0.4) is 0 Å². The SMILES string of the molecule is Cc1ccnc(-n2cc(Br)cn2)c1C(N)=S. The second-order valence-corrected chi connectivity index (χ2v) is 4.65. The minimum absolute atomic E-state index is 0.326. The number of halogens is 1. The molecule has 0 aliphatic carbocycles. The molecule has 0 aliphatic heterocycles. The Labute approximate surface area is 107 Å². The van der Waals surface area contributed by atoms with Crippen molar-refractivity contribution in [3.8, 4) is 5.82 Å². The molecule has 0 atom stereocenters. The molecule has 2 N–H and O–H groups in total. The number of aryl methyl sites for hydroxylation is 1. The molecule has 16 heavy (non-hydrogen) atoms. The predicted octanol–water partition coefficient (Wildman–Crippen LogP) is 1.97. The highest BCUT2D eigenvalue weighted by Crippen LogP contribution is 2.17. The first-order valence-electron chi connectivity index (χ1n) is 4.55. The van der Waals surface area contributed by atoms with Gasteiger partial charge in [0.05, 0.1) is 16.2 Å². The average molecular weight is 297 g/mol. The summed E-state index contributed by atoms with van der Waals surface area (Å²) in [5.74, 6) is 0.651. The molecule has 0 aromatic carbocycles. The molecule has 0 aliphatic rings. The van der Waals surface area contributed by atoms with Crippen LogP contribution in [0.5, 0.6) is 0 Å². The standard InChI is InChI=1S/C10H9BrN4S/c1-6-2-3-13-10(8(6)9(12)16)15-5-7(11)4-14-15/h2-5H,1H3,(H2,12,16). The fourth-order valence-corrected chi connectivity index (χ4v) is 1.98. The van der Waals surface area contributed by atoms with Crippen LogP contribution in [-0.2, 0) is 0 Å². The first kappa shape index (κ1) is 11.2. The van der Waals surface area contributed by atoms with E-state index in [9.17, 15) is 0 Å². The average Bonchev–Trinajstić information content (AvgIpc) is 2.63. The van der Waals surface area contributed by atoms with E-state index in [2.05, 4.69) is 26.0 Å². The van der Waals surface area contributed by atoms with Crippen molar-refractivity contribution in [2.45, 2.75) is 6.92 Å². The summed E-state index contributed by atoms with van der Waals surface area (Å²) in [5.41, 5.74) is 7.45. The maximum absolute atomic E-state index is 5.70. The Morgan fingerprint density at radius 3 is 2.88 bits per heavy atom. The van der Waals surface area contributed by atoms with Crippen molar-refractivity contribution in [2.75, 3.05) is 0 Å². The lowest BCUT2D eigenvalue weighted by Crippen LogP contribution is -2.16. The molecular weight excluding hydrogens is 288 g/mol. The molecule has 0 amide bonds. The molecule has 2 rings (SSSR count). The summed E-state index contributed by atoms with van der Waals surface area (Å²) in [6, 6.07) is 1.87. The minimum atomic E-state index is 0.326. The van der Waals surface area contributed by atoms with Gasteiger partial charge in [-0.3, -0.25) is 0 Å². The van der Waals surface area contributed by atoms with Crippen LogP contribution < -0.4 is 5.73 Å². The Balaban J connectivity index is 2.65. The zero-order valence-electron chi connectivity index (χ0n) is 8.51. The highest BCUT2D eigenvalue weighted by Gasteiger charge is 2.12. The van der Waals surface area contributed by atoms with Crippen molar-refractivity contribution >= 4 is 33.1 Å². The van der Waals surface area contributed by atoms with Crippen LogP contribution >= 0.6 is 28.1 Å². The molecule has 6 heteroatoms. The minimum Gasteiger partial charge on any atom is -0.389 e. The molecule has 0 bridgehead atoms. The summed E-state index contributed by atoms with van der Waals surface area (Å²) in [5, 5.41) is 4.16.